The number of anilines is 1. The maximum absolute atomic E-state index is 12.6. The molecule has 0 aliphatic heterocycles. The summed E-state index contributed by atoms with van der Waals surface area (Å²) >= 11 is 6.31. The molecule has 0 bridgehead atoms. The highest BCUT2D eigenvalue weighted by Gasteiger charge is 2.37. The number of nitrogens with one attached hydrogen (secondary N) is 1. The number of benzene rings is 1. The topological polar surface area (TPSA) is 72.9 Å². The molecular formula is C17H21ClN4O. The Bertz CT molecular complexity index is 697. The van der Waals surface area contributed by atoms with E-state index in [2.05, 4.69) is 10.4 Å². The smallest absolute Gasteiger partial charge is 0.229 e. The van der Waals surface area contributed by atoms with Gasteiger partial charge in [0.15, 0.2) is 0 Å². The standard InChI is InChI=1S/C17H21ClN4O/c1-17(19)8-3-2-5-13(17)16(23)21-12-6-7-15(14(18)11-12)22-10-4-9-20-22/h4,6-7,9-11,13H,2-3,5,8,19H2,1H3,(H,21,23). The van der Waals surface area contributed by atoms with Crippen LogP contribution in [0.3, 0.4) is 0 Å². The van der Waals surface area contributed by atoms with Gasteiger partial charge in [0.1, 0.15) is 0 Å². The maximum atomic E-state index is 12.6. The summed E-state index contributed by atoms with van der Waals surface area (Å²) in [5.41, 5.74) is 7.31. The number of rotatable bonds is 3. The molecule has 1 fully saturated rings. The van der Waals surface area contributed by atoms with Crippen LogP contribution in [0.15, 0.2) is 36.7 Å². The van der Waals surface area contributed by atoms with Crippen molar-refractivity contribution in [2.75, 3.05) is 5.32 Å². The van der Waals surface area contributed by atoms with Gasteiger partial charge in [0.25, 0.3) is 0 Å². The Kier molecular flexibility index (Phi) is 4.41. The van der Waals surface area contributed by atoms with Crippen LogP contribution < -0.4 is 11.1 Å². The van der Waals surface area contributed by atoms with Gasteiger partial charge in [0.05, 0.1) is 16.6 Å². The number of aromatic nitrogens is 2. The molecule has 0 radical (unpaired) electrons. The Labute approximate surface area is 140 Å². The van der Waals surface area contributed by atoms with Crippen molar-refractivity contribution >= 4 is 23.2 Å². The lowest BCUT2D eigenvalue weighted by Gasteiger charge is -2.37. The predicted octanol–water partition coefficient (Wildman–Crippen LogP) is 3.37. The molecule has 23 heavy (non-hydrogen) atoms. The van der Waals surface area contributed by atoms with Crippen LogP contribution >= 0.6 is 11.6 Å². The van der Waals surface area contributed by atoms with Gasteiger partial charge in [-0.1, -0.05) is 24.4 Å². The first-order valence-corrected chi connectivity index (χ1v) is 8.24. The lowest BCUT2D eigenvalue weighted by molar-refractivity contribution is -0.122. The average molecular weight is 333 g/mol. The number of nitrogens with two attached hydrogens (primary N) is 1. The fraction of sp³-hybridized carbons (Fsp3) is 0.412. The van der Waals surface area contributed by atoms with Crippen LogP contribution in [0.4, 0.5) is 5.69 Å². The summed E-state index contributed by atoms with van der Waals surface area (Å²) in [6.45, 7) is 1.96. The van der Waals surface area contributed by atoms with Gasteiger partial charge in [-0.2, -0.15) is 5.10 Å². The highest BCUT2D eigenvalue weighted by atomic mass is 35.5. The Morgan fingerprint density at radius 3 is 2.96 bits per heavy atom. The van der Waals surface area contributed by atoms with E-state index >= 15 is 0 Å². The molecule has 1 amide bonds. The van der Waals surface area contributed by atoms with Crippen molar-refractivity contribution in [3.63, 3.8) is 0 Å². The molecule has 2 atom stereocenters. The lowest BCUT2D eigenvalue weighted by Crippen LogP contribution is -2.51. The van der Waals surface area contributed by atoms with Gasteiger partial charge in [-0.25, -0.2) is 4.68 Å². The van der Waals surface area contributed by atoms with E-state index in [0.29, 0.717) is 10.7 Å². The highest BCUT2D eigenvalue weighted by Crippen LogP contribution is 2.33. The molecule has 1 aliphatic rings. The summed E-state index contributed by atoms with van der Waals surface area (Å²) in [5, 5.41) is 7.64. The molecule has 1 aromatic carbocycles. The van der Waals surface area contributed by atoms with E-state index in [1.165, 1.54) is 0 Å². The molecule has 122 valence electrons. The van der Waals surface area contributed by atoms with E-state index in [1.807, 2.05) is 31.3 Å². The normalized spacial score (nSPS) is 24.4. The van der Waals surface area contributed by atoms with Gasteiger partial charge in [-0.3, -0.25) is 4.79 Å². The minimum atomic E-state index is -0.443. The van der Waals surface area contributed by atoms with E-state index in [1.54, 1.807) is 16.9 Å². The average Bonchev–Trinajstić information content (AvgIpc) is 3.00. The maximum Gasteiger partial charge on any atom is 0.229 e. The second-order valence-corrected chi connectivity index (χ2v) is 6.82. The summed E-state index contributed by atoms with van der Waals surface area (Å²) in [4.78, 5) is 12.6. The van der Waals surface area contributed by atoms with E-state index in [0.717, 1.165) is 31.4 Å². The largest absolute Gasteiger partial charge is 0.326 e. The van der Waals surface area contributed by atoms with Crippen molar-refractivity contribution in [2.24, 2.45) is 11.7 Å². The van der Waals surface area contributed by atoms with Crippen LogP contribution in [-0.4, -0.2) is 21.2 Å². The number of carbonyl (C=O) groups is 1. The molecule has 1 aliphatic carbocycles. The van der Waals surface area contributed by atoms with Crippen molar-refractivity contribution in [1.29, 1.82) is 0 Å². The molecule has 2 aromatic rings. The third kappa shape index (κ3) is 3.41. The zero-order chi connectivity index (χ0) is 16.4. The van der Waals surface area contributed by atoms with E-state index in [-0.39, 0.29) is 11.8 Å². The second-order valence-electron chi connectivity index (χ2n) is 6.41. The van der Waals surface area contributed by atoms with Gasteiger partial charge >= 0.3 is 0 Å². The van der Waals surface area contributed by atoms with Crippen LogP contribution in [0.2, 0.25) is 5.02 Å². The lowest BCUT2D eigenvalue weighted by atomic mass is 9.74. The van der Waals surface area contributed by atoms with Crippen molar-refractivity contribution < 1.29 is 4.79 Å². The van der Waals surface area contributed by atoms with Gasteiger partial charge < -0.3 is 11.1 Å². The molecule has 2 unspecified atom stereocenters. The molecule has 5 nitrogen and oxygen atoms in total. The zero-order valence-electron chi connectivity index (χ0n) is 13.1. The van der Waals surface area contributed by atoms with Gasteiger partial charge in [0, 0.05) is 23.6 Å². The molecule has 3 N–H and O–H groups in total. The first-order valence-electron chi connectivity index (χ1n) is 7.87. The Balaban J connectivity index is 1.75. The summed E-state index contributed by atoms with van der Waals surface area (Å²) in [7, 11) is 0. The number of hydrogen-bond acceptors (Lipinski definition) is 3. The number of halogens is 1. The Morgan fingerprint density at radius 1 is 1.48 bits per heavy atom. The highest BCUT2D eigenvalue weighted by molar-refractivity contribution is 6.32. The summed E-state index contributed by atoms with van der Waals surface area (Å²) in [6.07, 6.45) is 7.35. The third-order valence-corrected chi connectivity index (χ3v) is 4.84. The number of amides is 1. The van der Waals surface area contributed by atoms with Crippen LogP contribution in [-0.2, 0) is 4.79 Å². The molecule has 6 heteroatoms. The second kappa shape index (κ2) is 6.34. The Morgan fingerprint density at radius 2 is 2.30 bits per heavy atom. The van der Waals surface area contributed by atoms with Crippen molar-refractivity contribution in [3.8, 4) is 5.69 Å². The molecule has 1 heterocycles. The Hall–Kier alpha value is -1.85. The number of hydrogen-bond donors (Lipinski definition) is 2. The molecular weight excluding hydrogens is 312 g/mol. The number of carbonyl (C=O) groups excluding carboxylic acids is 1. The van der Waals surface area contributed by atoms with Crippen molar-refractivity contribution in [2.45, 2.75) is 38.1 Å². The van der Waals surface area contributed by atoms with E-state index < -0.39 is 5.54 Å². The third-order valence-electron chi connectivity index (χ3n) is 4.54. The number of nitrogens with zero attached hydrogens (tertiary/aromatic N) is 2. The molecule has 0 spiro atoms. The molecule has 1 saturated carbocycles. The van der Waals surface area contributed by atoms with Crippen LogP contribution in [0, 0.1) is 5.92 Å². The fourth-order valence-corrected chi connectivity index (χ4v) is 3.47. The molecule has 0 saturated heterocycles. The van der Waals surface area contributed by atoms with Crippen LogP contribution in [0.1, 0.15) is 32.6 Å². The first-order chi connectivity index (χ1) is 11.0. The van der Waals surface area contributed by atoms with Gasteiger partial charge in [0.2, 0.25) is 5.91 Å². The van der Waals surface area contributed by atoms with Gasteiger partial charge in [-0.15, -0.1) is 0 Å². The summed E-state index contributed by atoms with van der Waals surface area (Å²) < 4.78 is 1.69. The predicted molar refractivity (Wildman–Crippen MR) is 91.8 cm³/mol. The minimum absolute atomic E-state index is 0.0300. The van der Waals surface area contributed by atoms with Crippen molar-refractivity contribution in [1.82, 2.24) is 9.78 Å². The van der Waals surface area contributed by atoms with E-state index in [9.17, 15) is 4.79 Å². The first kappa shape index (κ1) is 16.0. The van der Waals surface area contributed by atoms with E-state index in [4.69, 9.17) is 17.3 Å². The minimum Gasteiger partial charge on any atom is -0.326 e. The summed E-state index contributed by atoms with van der Waals surface area (Å²) in [5.74, 6) is -0.196. The fourth-order valence-electron chi connectivity index (χ4n) is 3.20. The van der Waals surface area contributed by atoms with Crippen molar-refractivity contribution in [3.05, 3.63) is 41.7 Å². The molecule has 1 aromatic heterocycles. The SMILES string of the molecule is CC1(N)CCCCC1C(=O)Nc1ccc(-n2cccn2)c(Cl)c1. The monoisotopic (exact) mass is 332 g/mol. The zero-order valence-corrected chi connectivity index (χ0v) is 13.9. The quantitative estimate of drug-likeness (QED) is 0.905. The van der Waals surface area contributed by atoms with Crippen LogP contribution in [0.25, 0.3) is 5.69 Å². The molecule has 3 rings (SSSR count). The van der Waals surface area contributed by atoms with Crippen LogP contribution in [0.5, 0.6) is 0 Å². The summed E-state index contributed by atoms with van der Waals surface area (Å²) in [6, 6.07) is 7.25. The van der Waals surface area contributed by atoms with Gasteiger partial charge in [-0.05, 0) is 44.0 Å².